The van der Waals surface area contributed by atoms with Gasteiger partial charge in [0, 0.05) is 19.2 Å². The van der Waals surface area contributed by atoms with E-state index in [0.29, 0.717) is 12.1 Å². The molecule has 1 fully saturated rings. The van der Waals surface area contributed by atoms with Crippen LogP contribution in [0.5, 0.6) is 0 Å². The number of benzene rings is 1. The van der Waals surface area contributed by atoms with E-state index in [0.717, 1.165) is 24.2 Å². The highest BCUT2D eigenvalue weighted by Gasteiger charge is 2.38. The molecule has 0 radical (unpaired) electrons. The van der Waals surface area contributed by atoms with Gasteiger partial charge in [-0.1, -0.05) is 23.4 Å². The van der Waals surface area contributed by atoms with Gasteiger partial charge in [0.2, 0.25) is 5.91 Å². The Morgan fingerprint density at radius 2 is 2.33 bits per heavy atom. The van der Waals surface area contributed by atoms with E-state index in [9.17, 15) is 4.79 Å². The molecule has 0 saturated carbocycles. The molecule has 1 aliphatic heterocycles. The van der Waals surface area contributed by atoms with Crippen LogP contribution in [0.1, 0.15) is 30.9 Å². The Balaban J connectivity index is 2.09. The number of carbonyl (C=O) groups is 1. The molecule has 0 spiro atoms. The first-order valence-electron chi connectivity index (χ1n) is 6.92. The molecule has 1 aromatic rings. The largest absolute Gasteiger partial charge is 0.409 e. The van der Waals surface area contributed by atoms with Crippen molar-refractivity contribution in [3.8, 4) is 0 Å². The fourth-order valence-electron chi connectivity index (χ4n) is 2.58. The highest BCUT2D eigenvalue weighted by molar-refractivity contribution is 8.01. The normalized spacial score (nSPS) is 22.3. The first-order valence-corrected chi connectivity index (χ1v) is 7.91. The van der Waals surface area contributed by atoms with Crippen LogP contribution >= 0.6 is 11.8 Å². The second kappa shape index (κ2) is 6.39. The Kier molecular flexibility index (Phi) is 4.77. The number of nitrogens with two attached hydrogens (primary N) is 1. The molecule has 0 aliphatic carbocycles. The number of hydrogen-bond donors (Lipinski definition) is 2. The van der Waals surface area contributed by atoms with Crippen LogP contribution in [-0.2, 0) is 11.3 Å². The van der Waals surface area contributed by atoms with Crippen LogP contribution in [0.25, 0.3) is 0 Å². The molecule has 5 nitrogen and oxygen atoms in total. The zero-order valence-electron chi connectivity index (χ0n) is 12.4. The lowest BCUT2D eigenvalue weighted by Gasteiger charge is -2.28. The van der Waals surface area contributed by atoms with Gasteiger partial charge in [-0.2, -0.15) is 0 Å². The van der Waals surface area contributed by atoms with E-state index in [4.69, 9.17) is 10.9 Å². The standard InChI is InChI=1S/C15H21N3O2S/c1-15(7-4-8-21-15)14(19)18(2)10-11-5-3-6-12(9-11)13(16)17-20/h3,5-6,9,20H,4,7-8,10H2,1-2H3,(H2,16,17). The predicted octanol–water partition coefficient (Wildman–Crippen LogP) is 2.03. The monoisotopic (exact) mass is 307 g/mol. The smallest absolute Gasteiger partial charge is 0.238 e. The van der Waals surface area contributed by atoms with Crippen LogP contribution in [0.15, 0.2) is 29.4 Å². The van der Waals surface area contributed by atoms with Crippen LogP contribution in [0, 0.1) is 0 Å². The van der Waals surface area contributed by atoms with Crippen molar-refractivity contribution >= 4 is 23.5 Å². The second-order valence-corrected chi connectivity index (χ2v) is 7.13. The lowest BCUT2D eigenvalue weighted by Crippen LogP contribution is -2.41. The van der Waals surface area contributed by atoms with Gasteiger partial charge in [0.05, 0.1) is 4.75 Å². The summed E-state index contributed by atoms with van der Waals surface area (Å²) in [5, 5.41) is 11.7. The van der Waals surface area contributed by atoms with Crippen molar-refractivity contribution in [1.82, 2.24) is 4.90 Å². The fourth-order valence-corrected chi connectivity index (χ4v) is 3.89. The number of oxime groups is 1. The van der Waals surface area contributed by atoms with Gasteiger partial charge in [0.25, 0.3) is 0 Å². The van der Waals surface area contributed by atoms with Gasteiger partial charge in [-0.3, -0.25) is 4.79 Å². The van der Waals surface area contributed by atoms with Crippen molar-refractivity contribution in [2.75, 3.05) is 12.8 Å². The number of carbonyl (C=O) groups excluding carboxylic acids is 1. The van der Waals surface area contributed by atoms with Crippen molar-refractivity contribution in [3.05, 3.63) is 35.4 Å². The number of amides is 1. The number of amidine groups is 1. The SMILES string of the molecule is CN(Cc1cccc(/C(N)=N/O)c1)C(=O)C1(C)CCCS1. The summed E-state index contributed by atoms with van der Waals surface area (Å²) < 4.78 is -0.294. The van der Waals surface area contributed by atoms with Gasteiger partial charge in [-0.05, 0) is 37.1 Å². The molecular formula is C15H21N3O2S. The second-order valence-electron chi connectivity index (χ2n) is 5.53. The number of rotatable bonds is 4. The molecule has 3 N–H and O–H groups in total. The third-order valence-corrected chi connectivity index (χ3v) is 5.28. The summed E-state index contributed by atoms with van der Waals surface area (Å²) in [5.74, 6) is 1.29. The van der Waals surface area contributed by atoms with Gasteiger partial charge < -0.3 is 15.8 Å². The topological polar surface area (TPSA) is 78.9 Å². The van der Waals surface area contributed by atoms with Crippen LogP contribution in [-0.4, -0.2) is 39.4 Å². The summed E-state index contributed by atoms with van der Waals surface area (Å²) in [6.07, 6.45) is 2.03. The summed E-state index contributed by atoms with van der Waals surface area (Å²) in [4.78, 5) is 14.3. The van der Waals surface area contributed by atoms with Crippen LogP contribution < -0.4 is 5.73 Å². The van der Waals surface area contributed by atoms with E-state index in [-0.39, 0.29) is 16.5 Å². The Labute approximate surface area is 129 Å². The summed E-state index contributed by atoms with van der Waals surface area (Å²) in [5.41, 5.74) is 7.20. The summed E-state index contributed by atoms with van der Waals surface area (Å²) in [6, 6.07) is 7.38. The van der Waals surface area contributed by atoms with Crippen molar-refractivity contribution in [3.63, 3.8) is 0 Å². The molecule has 1 aliphatic rings. The minimum atomic E-state index is -0.294. The fraction of sp³-hybridized carbons (Fsp3) is 0.467. The molecule has 0 aromatic heterocycles. The molecule has 1 heterocycles. The van der Waals surface area contributed by atoms with Gasteiger partial charge in [-0.25, -0.2) is 0 Å². The Morgan fingerprint density at radius 3 is 2.95 bits per heavy atom. The molecule has 1 amide bonds. The molecule has 114 valence electrons. The molecule has 1 unspecified atom stereocenters. The lowest BCUT2D eigenvalue weighted by atomic mass is 10.0. The van der Waals surface area contributed by atoms with E-state index < -0.39 is 0 Å². The maximum Gasteiger partial charge on any atom is 0.238 e. The molecule has 6 heteroatoms. The Hall–Kier alpha value is -1.69. The third-order valence-electron chi connectivity index (χ3n) is 3.77. The molecule has 2 rings (SSSR count). The average Bonchev–Trinajstić information content (AvgIpc) is 2.93. The highest BCUT2D eigenvalue weighted by Crippen LogP contribution is 2.39. The molecule has 0 bridgehead atoms. The summed E-state index contributed by atoms with van der Waals surface area (Å²) in [6.45, 7) is 2.54. The molecule has 1 atom stereocenters. The van der Waals surface area contributed by atoms with Gasteiger partial charge in [0.15, 0.2) is 5.84 Å². The maximum absolute atomic E-state index is 12.6. The quantitative estimate of drug-likeness (QED) is 0.386. The summed E-state index contributed by atoms with van der Waals surface area (Å²) in [7, 11) is 1.82. The van der Waals surface area contributed by atoms with Gasteiger partial charge >= 0.3 is 0 Å². The van der Waals surface area contributed by atoms with Crippen molar-refractivity contribution in [2.45, 2.75) is 31.1 Å². The first-order chi connectivity index (χ1) is 9.96. The highest BCUT2D eigenvalue weighted by atomic mass is 32.2. The van der Waals surface area contributed by atoms with Gasteiger partial charge in [-0.15, -0.1) is 11.8 Å². The number of thioether (sulfide) groups is 1. The van der Waals surface area contributed by atoms with Crippen LogP contribution in [0.4, 0.5) is 0 Å². The Morgan fingerprint density at radius 1 is 1.57 bits per heavy atom. The van der Waals surface area contributed by atoms with E-state index in [1.54, 1.807) is 22.7 Å². The van der Waals surface area contributed by atoms with Crippen LogP contribution in [0.2, 0.25) is 0 Å². The molecule has 21 heavy (non-hydrogen) atoms. The zero-order valence-corrected chi connectivity index (χ0v) is 13.2. The zero-order chi connectivity index (χ0) is 15.5. The number of nitrogens with zero attached hydrogens (tertiary/aromatic N) is 2. The van der Waals surface area contributed by atoms with Crippen molar-refractivity contribution in [1.29, 1.82) is 0 Å². The van der Waals surface area contributed by atoms with E-state index in [1.807, 2.05) is 32.2 Å². The Bertz CT molecular complexity index is 554. The third kappa shape index (κ3) is 3.50. The lowest BCUT2D eigenvalue weighted by molar-refractivity contribution is -0.132. The van der Waals surface area contributed by atoms with E-state index in [2.05, 4.69) is 5.16 Å². The maximum atomic E-state index is 12.6. The molecular weight excluding hydrogens is 286 g/mol. The molecule has 1 aromatic carbocycles. The minimum Gasteiger partial charge on any atom is -0.409 e. The average molecular weight is 307 g/mol. The van der Waals surface area contributed by atoms with Crippen molar-refractivity contribution < 1.29 is 10.0 Å². The van der Waals surface area contributed by atoms with E-state index in [1.165, 1.54) is 0 Å². The summed E-state index contributed by atoms with van der Waals surface area (Å²) >= 11 is 1.74. The molecule has 1 saturated heterocycles. The van der Waals surface area contributed by atoms with Crippen LogP contribution in [0.3, 0.4) is 0 Å². The van der Waals surface area contributed by atoms with Gasteiger partial charge in [0.1, 0.15) is 0 Å². The minimum absolute atomic E-state index is 0.0733. The predicted molar refractivity (Wildman–Crippen MR) is 85.5 cm³/mol. The number of hydrogen-bond acceptors (Lipinski definition) is 4. The first kappa shape index (κ1) is 15.7. The van der Waals surface area contributed by atoms with Crippen molar-refractivity contribution in [2.24, 2.45) is 10.9 Å². The van der Waals surface area contributed by atoms with E-state index >= 15 is 0 Å².